The van der Waals surface area contributed by atoms with Gasteiger partial charge in [-0.25, -0.2) is 18.6 Å². The van der Waals surface area contributed by atoms with Crippen LogP contribution >= 0.6 is 0 Å². The van der Waals surface area contributed by atoms with Crippen molar-refractivity contribution in [1.29, 1.82) is 0 Å². The molecule has 0 aliphatic carbocycles. The minimum Gasteiger partial charge on any atom is -0.476 e. The molecule has 88 valence electrons. The third-order valence-electron chi connectivity index (χ3n) is 2.32. The number of carboxylic acid groups (broad SMARTS) is 1. The Morgan fingerprint density at radius 3 is 2.76 bits per heavy atom. The highest BCUT2D eigenvalue weighted by Crippen LogP contribution is 2.26. The first-order valence-corrected chi connectivity index (χ1v) is 4.70. The van der Waals surface area contributed by atoms with E-state index in [9.17, 15) is 13.6 Å². The second kappa shape index (κ2) is 3.97. The van der Waals surface area contributed by atoms with E-state index in [4.69, 9.17) is 5.11 Å². The van der Waals surface area contributed by atoms with Crippen molar-refractivity contribution in [2.75, 3.05) is 0 Å². The predicted molar refractivity (Wildman–Crippen MR) is 55.5 cm³/mol. The molecule has 2 rings (SSSR count). The van der Waals surface area contributed by atoms with Crippen LogP contribution in [0, 0.1) is 11.6 Å². The second-order valence-corrected chi connectivity index (χ2v) is 3.48. The third-order valence-corrected chi connectivity index (χ3v) is 2.32. The highest BCUT2D eigenvalue weighted by molar-refractivity contribution is 5.93. The van der Waals surface area contributed by atoms with E-state index >= 15 is 0 Å². The number of aromatic nitrogens is 2. The molecule has 17 heavy (non-hydrogen) atoms. The fraction of sp³-hybridized carbons (Fsp3) is 0.0909. The third kappa shape index (κ3) is 1.89. The molecule has 1 heterocycles. The van der Waals surface area contributed by atoms with Gasteiger partial charge in [0.25, 0.3) is 0 Å². The zero-order valence-corrected chi connectivity index (χ0v) is 8.82. The Hall–Kier alpha value is -2.24. The number of aryl methyl sites for hydroxylation is 1. The van der Waals surface area contributed by atoms with Gasteiger partial charge in [0, 0.05) is 12.6 Å². The summed E-state index contributed by atoms with van der Waals surface area (Å²) in [6, 6.07) is 2.86. The van der Waals surface area contributed by atoms with E-state index in [1.54, 1.807) is 0 Å². The highest BCUT2D eigenvalue weighted by atomic mass is 19.1. The molecule has 4 nitrogen and oxygen atoms in total. The van der Waals surface area contributed by atoms with E-state index in [1.807, 2.05) is 0 Å². The summed E-state index contributed by atoms with van der Waals surface area (Å²) in [5.74, 6) is -2.62. The van der Waals surface area contributed by atoms with Crippen LogP contribution in [0.2, 0.25) is 0 Å². The second-order valence-electron chi connectivity index (χ2n) is 3.48. The molecule has 0 bridgehead atoms. The van der Waals surface area contributed by atoms with E-state index < -0.39 is 17.6 Å². The molecule has 1 N–H and O–H groups in total. The average molecular weight is 238 g/mol. The van der Waals surface area contributed by atoms with E-state index in [0.29, 0.717) is 0 Å². The minimum atomic E-state index is -1.29. The molecule has 2 aromatic rings. The Morgan fingerprint density at radius 1 is 1.41 bits per heavy atom. The molecular weight excluding hydrogens is 230 g/mol. The van der Waals surface area contributed by atoms with Gasteiger partial charge in [-0.05, 0) is 18.2 Å². The fourth-order valence-corrected chi connectivity index (χ4v) is 1.58. The first kappa shape index (κ1) is 11.3. The van der Waals surface area contributed by atoms with Gasteiger partial charge in [0.2, 0.25) is 0 Å². The smallest absolute Gasteiger partial charge is 0.356 e. The zero-order chi connectivity index (χ0) is 12.6. The van der Waals surface area contributed by atoms with E-state index in [-0.39, 0.29) is 17.0 Å². The van der Waals surface area contributed by atoms with Crippen LogP contribution in [0.5, 0.6) is 0 Å². The lowest BCUT2D eigenvalue weighted by atomic mass is 10.1. The Balaban J connectivity index is 2.71. The maximum absolute atomic E-state index is 13.6. The Labute approximate surface area is 95.1 Å². The lowest BCUT2D eigenvalue weighted by molar-refractivity contribution is 0.0692. The van der Waals surface area contributed by atoms with Crippen LogP contribution in [-0.2, 0) is 7.05 Å². The topological polar surface area (TPSA) is 55.1 Å². The Bertz CT molecular complexity index is 593. The Kier molecular flexibility index (Phi) is 2.63. The lowest BCUT2D eigenvalue weighted by Crippen LogP contribution is -2.02. The van der Waals surface area contributed by atoms with Crippen LogP contribution in [0.3, 0.4) is 0 Å². The van der Waals surface area contributed by atoms with Crippen molar-refractivity contribution in [2.45, 2.75) is 0 Å². The van der Waals surface area contributed by atoms with Crippen molar-refractivity contribution in [3.05, 3.63) is 41.9 Å². The molecule has 0 saturated carbocycles. The predicted octanol–water partition coefficient (Wildman–Crippen LogP) is 2.06. The number of carboxylic acids is 1. The molecule has 0 atom stereocenters. The highest BCUT2D eigenvalue weighted by Gasteiger charge is 2.20. The Morgan fingerprint density at radius 2 is 2.12 bits per heavy atom. The van der Waals surface area contributed by atoms with E-state index in [2.05, 4.69) is 4.98 Å². The number of aromatic carboxylic acids is 1. The van der Waals surface area contributed by atoms with Gasteiger partial charge in [0.1, 0.15) is 11.6 Å². The maximum Gasteiger partial charge on any atom is 0.356 e. The summed E-state index contributed by atoms with van der Waals surface area (Å²) in [6.45, 7) is 0. The molecule has 0 radical (unpaired) electrons. The molecule has 0 saturated heterocycles. The maximum atomic E-state index is 13.6. The van der Waals surface area contributed by atoms with Crippen LogP contribution < -0.4 is 0 Å². The monoisotopic (exact) mass is 238 g/mol. The van der Waals surface area contributed by atoms with Crippen molar-refractivity contribution in [3.63, 3.8) is 0 Å². The van der Waals surface area contributed by atoms with Crippen LogP contribution in [-0.4, -0.2) is 20.6 Å². The zero-order valence-electron chi connectivity index (χ0n) is 8.82. The van der Waals surface area contributed by atoms with Gasteiger partial charge in [-0.15, -0.1) is 0 Å². The molecule has 0 spiro atoms. The minimum absolute atomic E-state index is 0.0366. The molecule has 1 aromatic carbocycles. The number of benzene rings is 1. The summed E-state index contributed by atoms with van der Waals surface area (Å²) >= 11 is 0. The molecule has 6 heteroatoms. The molecular formula is C11H8F2N2O2. The summed E-state index contributed by atoms with van der Waals surface area (Å²) in [4.78, 5) is 14.5. The van der Waals surface area contributed by atoms with Gasteiger partial charge in [-0.2, -0.15) is 0 Å². The van der Waals surface area contributed by atoms with Crippen molar-refractivity contribution in [3.8, 4) is 11.3 Å². The van der Waals surface area contributed by atoms with Crippen molar-refractivity contribution < 1.29 is 18.7 Å². The molecule has 0 amide bonds. The lowest BCUT2D eigenvalue weighted by Gasteiger charge is -2.05. The summed E-state index contributed by atoms with van der Waals surface area (Å²) in [6.07, 6.45) is 1.24. The molecule has 0 aliphatic heterocycles. The largest absolute Gasteiger partial charge is 0.476 e. The molecule has 1 aromatic heterocycles. The average Bonchev–Trinajstić information content (AvgIpc) is 2.64. The van der Waals surface area contributed by atoms with E-state index in [0.717, 1.165) is 18.2 Å². The molecule has 0 unspecified atom stereocenters. The number of carbonyl (C=O) groups is 1. The van der Waals surface area contributed by atoms with Gasteiger partial charge in [0.15, 0.2) is 5.69 Å². The summed E-state index contributed by atoms with van der Waals surface area (Å²) in [5, 5.41) is 8.91. The number of imidazole rings is 1. The SMILES string of the molecule is Cn1cnc(C(=O)O)c1-c1cc(F)ccc1F. The number of rotatable bonds is 2. The van der Waals surface area contributed by atoms with Gasteiger partial charge in [-0.3, -0.25) is 0 Å². The summed E-state index contributed by atoms with van der Waals surface area (Å²) < 4.78 is 28.0. The van der Waals surface area contributed by atoms with Gasteiger partial charge < -0.3 is 9.67 Å². The molecule has 0 aliphatic rings. The van der Waals surface area contributed by atoms with Gasteiger partial charge in [-0.1, -0.05) is 0 Å². The number of halogens is 2. The molecule has 0 fully saturated rings. The normalized spacial score (nSPS) is 10.5. The van der Waals surface area contributed by atoms with Crippen LogP contribution in [0.4, 0.5) is 8.78 Å². The first-order chi connectivity index (χ1) is 8.00. The number of hydrogen-bond donors (Lipinski definition) is 1. The summed E-state index contributed by atoms with van der Waals surface area (Å²) in [7, 11) is 1.51. The van der Waals surface area contributed by atoms with Crippen molar-refractivity contribution in [2.24, 2.45) is 7.05 Å². The van der Waals surface area contributed by atoms with Gasteiger partial charge >= 0.3 is 5.97 Å². The van der Waals surface area contributed by atoms with Gasteiger partial charge in [0.05, 0.1) is 12.0 Å². The summed E-state index contributed by atoms with van der Waals surface area (Å²) in [5.41, 5.74) is -0.395. The quantitative estimate of drug-likeness (QED) is 0.871. The van der Waals surface area contributed by atoms with Crippen molar-refractivity contribution >= 4 is 5.97 Å². The van der Waals surface area contributed by atoms with E-state index in [1.165, 1.54) is 17.9 Å². The van der Waals surface area contributed by atoms with Crippen molar-refractivity contribution in [1.82, 2.24) is 9.55 Å². The fourth-order valence-electron chi connectivity index (χ4n) is 1.58. The number of hydrogen-bond acceptors (Lipinski definition) is 2. The number of nitrogens with zero attached hydrogens (tertiary/aromatic N) is 2. The van der Waals surface area contributed by atoms with Crippen LogP contribution in [0.15, 0.2) is 24.5 Å². The standard InChI is InChI=1S/C11H8F2N2O2/c1-15-5-14-9(11(16)17)10(15)7-4-6(12)2-3-8(7)13/h2-5H,1H3,(H,16,17). The first-order valence-electron chi connectivity index (χ1n) is 4.70. The van der Waals surface area contributed by atoms with Crippen LogP contribution in [0.1, 0.15) is 10.5 Å². The van der Waals surface area contributed by atoms with Crippen LogP contribution in [0.25, 0.3) is 11.3 Å².